The number of carbonyl (C=O) groups excluding carboxylic acids is 1. The fraction of sp³-hybridized carbons (Fsp3) is 0.200. The normalized spacial score (nSPS) is 10.2. The van der Waals surface area contributed by atoms with Crippen molar-refractivity contribution < 1.29 is 9.18 Å². The van der Waals surface area contributed by atoms with Crippen molar-refractivity contribution in [3.8, 4) is 0 Å². The van der Waals surface area contributed by atoms with E-state index < -0.39 is 0 Å². The number of aromatic nitrogens is 4. The molecule has 2 N–H and O–H groups in total. The number of hydrogen-bond acceptors (Lipinski definition) is 4. The van der Waals surface area contributed by atoms with Crippen LogP contribution >= 0.6 is 0 Å². The maximum atomic E-state index is 12.6. The lowest BCUT2D eigenvalue weighted by atomic mass is 10.2. The van der Waals surface area contributed by atoms with Gasteiger partial charge in [0.15, 0.2) is 5.82 Å². The molecule has 0 fully saturated rings. The van der Waals surface area contributed by atoms with Crippen LogP contribution in [0.25, 0.3) is 0 Å². The standard InChI is InChI=1S/C10H10FN5O/c11-8-3-1-7(2-4-8)10(17)12-6-5-9-13-15-16-14-9/h1-4H,5-6H2,(H,12,17)(H,13,14,15,16). The highest BCUT2D eigenvalue weighted by Gasteiger charge is 2.05. The molecular weight excluding hydrogens is 225 g/mol. The van der Waals surface area contributed by atoms with Gasteiger partial charge in [0.05, 0.1) is 0 Å². The van der Waals surface area contributed by atoms with Crippen molar-refractivity contribution in [3.05, 3.63) is 41.5 Å². The predicted octanol–water partition coefficient (Wildman–Crippen LogP) is 0.311. The van der Waals surface area contributed by atoms with Crippen LogP contribution in [0.1, 0.15) is 16.2 Å². The maximum absolute atomic E-state index is 12.6. The predicted molar refractivity (Wildman–Crippen MR) is 56.6 cm³/mol. The molecule has 0 saturated carbocycles. The van der Waals surface area contributed by atoms with E-state index in [4.69, 9.17) is 0 Å². The molecular formula is C10H10FN5O. The number of halogens is 1. The van der Waals surface area contributed by atoms with E-state index in [1.807, 2.05) is 0 Å². The average molecular weight is 235 g/mol. The minimum absolute atomic E-state index is 0.256. The van der Waals surface area contributed by atoms with E-state index in [1.54, 1.807) is 0 Å². The Balaban J connectivity index is 1.83. The summed E-state index contributed by atoms with van der Waals surface area (Å²) in [5, 5.41) is 15.9. The van der Waals surface area contributed by atoms with E-state index in [0.717, 1.165) is 0 Å². The molecule has 1 amide bonds. The number of carbonyl (C=O) groups is 1. The summed E-state index contributed by atoms with van der Waals surface area (Å²) in [6.45, 7) is 0.399. The molecule has 0 spiro atoms. The molecule has 0 radical (unpaired) electrons. The zero-order valence-electron chi connectivity index (χ0n) is 8.85. The molecule has 1 aromatic heterocycles. The smallest absolute Gasteiger partial charge is 0.251 e. The Labute approximate surface area is 96.2 Å². The monoisotopic (exact) mass is 235 g/mol. The summed E-state index contributed by atoms with van der Waals surface area (Å²) < 4.78 is 12.6. The summed E-state index contributed by atoms with van der Waals surface area (Å²) in [5.41, 5.74) is 0.416. The van der Waals surface area contributed by atoms with Gasteiger partial charge in [0.2, 0.25) is 0 Å². The van der Waals surface area contributed by atoms with E-state index in [0.29, 0.717) is 24.4 Å². The molecule has 17 heavy (non-hydrogen) atoms. The number of benzene rings is 1. The highest BCUT2D eigenvalue weighted by molar-refractivity contribution is 5.94. The van der Waals surface area contributed by atoms with Gasteiger partial charge in [0.1, 0.15) is 5.82 Å². The molecule has 0 atom stereocenters. The lowest BCUT2D eigenvalue weighted by Gasteiger charge is -2.03. The molecule has 7 heteroatoms. The van der Waals surface area contributed by atoms with Crippen molar-refractivity contribution in [3.63, 3.8) is 0 Å². The molecule has 2 aromatic rings. The third kappa shape index (κ3) is 3.07. The molecule has 88 valence electrons. The lowest BCUT2D eigenvalue weighted by Crippen LogP contribution is -2.25. The number of aromatic amines is 1. The molecule has 0 aliphatic rings. The van der Waals surface area contributed by atoms with E-state index >= 15 is 0 Å². The second-order valence-corrected chi connectivity index (χ2v) is 3.34. The Morgan fingerprint density at radius 3 is 2.76 bits per heavy atom. The van der Waals surface area contributed by atoms with Crippen molar-refractivity contribution in [1.29, 1.82) is 0 Å². The van der Waals surface area contributed by atoms with Crippen LogP contribution in [0.3, 0.4) is 0 Å². The highest BCUT2D eigenvalue weighted by atomic mass is 19.1. The summed E-state index contributed by atoms with van der Waals surface area (Å²) in [4.78, 5) is 11.6. The van der Waals surface area contributed by atoms with Gasteiger partial charge < -0.3 is 5.32 Å². The average Bonchev–Trinajstić information content (AvgIpc) is 2.83. The molecule has 0 unspecified atom stereocenters. The highest BCUT2D eigenvalue weighted by Crippen LogP contribution is 2.02. The van der Waals surface area contributed by atoms with Crippen LogP contribution < -0.4 is 5.32 Å². The lowest BCUT2D eigenvalue weighted by molar-refractivity contribution is 0.0954. The fourth-order valence-corrected chi connectivity index (χ4v) is 1.28. The van der Waals surface area contributed by atoms with Gasteiger partial charge in [-0.3, -0.25) is 4.79 Å². The molecule has 1 heterocycles. The van der Waals surface area contributed by atoms with Crippen LogP contribution in [0.5, 0.6) is 0 Å². The Hall–Kier alpha value is -2.31. The van der Waals surface area contributed by atoms with Gasteiger partial charge in [-0.25, -0.2) is 4.39 Å². The summed E-state index contributed by atoms with van der Waals surface area (Å²) in [6, 6.07) is 5.35. The third-order valence-electron chi connectivity index (χ3n) is 2.13. The van der Waals surface area contributed by atoms with Gasteiger partial charge in [0.25, 0.3) is 5.91 Å². The van der Waals surface area contributed by atoms with Crippen molar-refractivity contribution in [2.24, 2.45) is 0 Å². The zero-order valence-corrected chi connectivity index (χ0v) is 8.85. The van der Waals surface area contributed by atoms with E-state index in [2.05, 4.69) is 25.9 Å². The Kier molecular flexibility index (Phi) is 3.39. The summed E-state index contributed by atoms with van der Waals surface area (Å²) in [5.74, 6) is -0.0914. The Morgan fingerprint density at radius 1 is 1.35 bits per heavy atom. The largest absolute Gasteiger partial charge is 0.352 e. The number of H-pyrrole nitrogens is 1. The maximum Gasteiger partial charge on any atom is 0.251 e. The number of rotatable bonds is 4. The molecule has 6 nitrogen and oxygen atoms in total. The van der Waals surface area contributed by atoms with Crippen LogP contribution in [-0.4, -0.2) is 33.1 Å². The molecule has 0 bridgehead atoms. The second kappa shape index (κ2) is 5.15. The Bertz CT molecular complexity index is 482. The van der Waals surface area contributed by atoms with Crippen molar-refractivity contribution >= 4 is 5.91 Å². The topological polar surface area (TPSA) is 83.6 Å². The number of nitrogens with zero attached hydrogens (tertiary/aromatic N) is 3. The first kappa shape index (κ1) is 11.2. The van der Waals surface area contributed by atoms with Gasteiger partial charge >= 0.3 is 0 Å². The number of tetrazole rings is 1. The van der Waals surface area contributed by atoms with Gasteiger partial charge in [-0.2, -0.15) is 5.21 Å². The van der Waals surface area contributed by atoms with Gasteiger partial charge in [-0.15, -0.1) is 10.2 Å². The minimum Gasteiger partial charge on any atom is -0.352 e. The summed E-state index contributed by atoms with van der Waals surface area (Å²) in [7, 11) is 0. The van der Waals surface area contributed by atoms with Crippen LogP contribution in [0, 0.1) is 5.82 Å². The molecule has 0 aliphatic carbocycles. The van der Waals surface area contributed by atoms with Crippen molar-refractivity contribution in [2.45, 2.75) is 6.42 Å². The van der Waals surface area contributed by atoms with Crippen LogP contribution in [0.4, 0.5) is 4.39 Å². The van der Waals surface area contributed by atoms with Crippen LogP contribution in [0.15, 0.2) is 24.3 Å². The van der Waals surface area contributed by atoms with Crippen LogP contribution in [0.2, 0.25) is 0 Å². The van der Waals surface area contributed by atoms with Gasteiger partial charge in [-0.1, -0.05) is 5.21 Å². The minimum atomic E-state index is -0.367. The molecule has 1 aromatic carbocycles. The molecule has 0 aliphatic heterocycles. The molecule has 0 saturated heterocycles. The number of nitrogens with one attached hydrogen (secondary N) is 2. The zero-order chi connectivity index (χ0) is 12.1. The summed E-state index contributed by atoms with van der Waals surface area (Å²) >= 11 is 0. The van der Waals surface area contributed by atoms with Crippen molar-refractivity contribution in [1.82, 2.24) is 25.9 Å². The Morgan fingerprint density at radius 2 is 2.12 bits per heavy atom. The van der Waals surface area contributed by atoms with E-state index in [-0.39, 0.29) is 11.7 Å². The number of hydrogen-bond donors (Lipinski definition) is 2. The third-order valence-corrected chi connectivity index (χ3v) is 2.13. The van der Waals surface area contributed by atoms with Crippen LogP contribution in [-0.2, 0) is 6.42 Å². The molecule has 2 rings (SSSR count). The van der Waals surface area contributed by atoms with Gasteiger partial charge in [0, 0.05) is 18.5 Å². The first-order valence-electron chi connectivity index (χ1n) is 5.02. The first-order chi connectivity index (χ1) is 8.25. The van der Waals surface area contributed by atoms with E-state index in [9.17, 15) is 9.18 Å². The summed E-state index contributed by atoms with van der Waals surface area (Å²) in [6.07, 6.45) is 0.490. The SMILES string of the molecule is O=C(NCCc1nn[nH]n1)c1ccc(F)cc1. The number of amides is 1. The van der Waals surface area contributed by atoms with Crippen molar-refractivity contribution in [2.75, 3.05) is 6.54 Å². The first-order valence-corrected chi connectivity index (χ1v) is 5.02. The van der Waals surface area contributed by atoms with Gasteiger partial charge in [-0.05, 0) is 24.3 Å². The quantitative estimate of drug-likeness (QED) is 0.799. The van der Waals surface area contributed by atoms with E-state index in [1.165, 1.54) is 24.3 Å². The second-order valence-electron chi connectivity index (χ2n) is 3.34. The fourth-order valence-electron chi connectivity index (χ4n) is 1.28.